The summed E-state index contributed by atoms with van der Waals surface area (Å²) in [7, 11) is 0. The molecule has 0 aliphatic carbocycles. The van der Waals surface area contributed by atoms with Gasteiger partial charge in [0.15, 0.2) is 0 Å². The summed E-state index contributed by atoms with van der Waals surface area (Å²) in [5, 5.41) is 5.41. The minimum atomic E-state index is -1.25. The molecule has 184 valence electrons. The highest BCUT2D eigenvalue weighted by atomic mass is 16.5. The summed E-state index contributed by atoms with van der Waals surface area (Å²) in [4.78, 5) is 50.6. The van der Waals surface area contributed by atoms with Gasteiger partial charge in [-0.05, 0) is 54.2 Å². The zero-order chi connectivity index (χ0) is 25.8. The van der Waals surface area contributed by atoms with Crippen molar-refractivity contribution in [3.05, 3.63) is 71.3 Å². The maximum absolute atomic E-state index is 13.1. The molecule has 2 aromatic rings. The van der Waals surface area contributed by atoms with Crippen LogP contribution in [-0.4, -0.2) is 41.9 Å². The molecule has 35 heavy (non-hydrogen) atoms. The predicted octanol–water partition coefficient (Wildman–Crippen LogP) is 3.97. The maximum atomic E-state index is 13.1. The number of benzene rings is 2. The third-order valence-corrected chi connectivity index (χ3v) is 5.80. The first-order chi connectivity index (χ1) is 16.4. The van der Waals surface area contributed by atoms with E-state index in [-0.39, 0.29) is 5.41 Å². The van der Waals surface area contributed by atoms with E-state index in [2.05, 4.69) is 31.4 Å². The van der Waals surface area contributed by atoms with Crippen LogP contribution in [0, 0.1) is 0 Å². The van der Waals surface area contributed by atoms with Gasteiger partial charge in [-0.3, -0.25) is 14.5 Å². The number of ether oxygens (including phenoxy) is 1. The summed E-state index contributed by atoms with van der Waals surface area (Å²) in [6, 6.07) is 13.7. The lowest BCUT2D eigenvalue weighted by molar-refractivity contribution is -0.137. The minimum absolute atomic E-state index is 0.0398. The number of imide groups is 1. The Kier molecular flexibility index (Phi) is 7.43. The fraction of sp³-hybridized carbons (Fsp3) is 0.333. The highest BCUT2D eigenvalue weighted by Crippen LogP contribution is 2.31. The Morgan fingerprint density at radius 1 is 1.06 bits per heavy atom. The van der Waals surface area contributed by atoms with E-state index in [4.69, 9.17) is 4.74 Å². The van der Waals surface area contributed by atoms with Gasteiger partial charge in [-0.2, -0.15) is 0 Å². The summed E-state index contributed by atoms with van der Waals surface area (Å²) < 4.78 is 4.83. The van der Waals surface area contributed by atoms with E-state index in [9.17, 15) is 19.2 Å². The number of nitrogens with zero attached hydrogens (tertiary/aromatic N) is 1. The van der Waals surface area contributed by atoms with Crippen molar-refractivity contribution in [1.29, 1.82) is 0 Å². The molecule has 8 nitrogen and oxygen atoms in total. The van der Waals surface area contributed by atoms with Gasteiger partial charge >= 0.3 is 12.0 Å². The number of esters is 1. The Morgan fingerprint density at radius 3 is 2.26 bits per heavy atom. The monoisotopic (exact) mass is 477 g/mol. The van der Waals surface area contributed by atoms with Gasteiger partial charge in [-0.25, -0.2) is 9.59 Å². The van der Waals surface area contributed by atoms with Crippen LogP contribution in [0.3, 0.4) is 0 Å². The lowest BCUT2D eigenvalue weighted by Gasteiger charge is -2.24. The summed E-state index contributed by atoms with van der Waals surface area (Å²) >= 11 is 0. The highest BCUT2D eigenvalue weighted by Gasteiger charge is 2.49. The van der Waals surface area contributed by atoms with E-state index in [1.165, 1.54) is 6.08 Å². The SMILES string of the molecule is CCOC(=O)/C=C/c1ccc(NC(=O)CN2C(=O)NC(C)(c3ccc(C(C)(C)C)cc3)C2=O)cc1. The van der Waals surface area contributed by atoms with Gasteiger partial charge in [-0.1, -0.05) is 57.2 Å². The van der Waals surface area contributed by atoms with Gasteiger partial charge in [0.05, 0.1) is 6.61 Å². The molecule has 1 fully saturated rings. The Hall–Kier alpha value is -3.94. The third-order valence-electron chi connectivity index (χ3n) is 5.80. The molecule has 4 amide bonds. The van der Waals surface area contributed by atoms with Crippen LogP contribution < -0.4 is 10.6 Å². The van der Waals surface area contributed by atoms with Crippen LogP contribution >= 0.6 is 0 Å². The van der Waals surface area contributed by atoms with Gasteiger partial charge in [0.1, 0.15) is 12.1 Å². The van der Waals surface area contributed by atoms with Crippen molar-refractivity contribution in [3.8, 4) is 0 Å². The number of hydrogen-bond acceptors (Lipinski definition) is 5. The molecular formula is C27H31N3O5. The zero-order valence-corrected chi connectivity index (χ0v) is 20.7. The average Bonchev–Trinajstić information content (AvgIpc) is 3.02. The van der Waals surface area contributed by atoms with Crippen LogP contribution in [0.1, 0.15) is 51.3 Å². The summed E-state index contributed by atoms with van der Waals surface area (Å²) in [6.07, 6.45) is 2.92. The second-order valence-electron chi connectivity index (χ2n) is 9.53. The smallest absolute Gasteiger partial charge is 0.330 e. The van der Waals surface area contributed by atoms with Crippen LogP contribution in [0.15, 0.2) is 54.6 Å². The molecule has 0 saturated carbocycles. The molecular weight excluding hydrogens is 446 g/mol. The van der Waals surface area contributed by atoms with Crippen molar-refractivity contribution >= 4 is 35.6 Å². The fourth-order valence-corrected chi connectivity index (χ4v) is 3.72. The number of urea groups is 1. The molecule has 0 spiro atoms. The van der Waals surface area contributed by atoms with Crippen molar-refractivity contribution in [2.45, 2.75) is 45.6 Å². The van der Waals surface area contributed by atoms with Crippen molar-refractivity contribution in [2.75, 3.05) is 18.5 Å². The first kappa shape index (κ1) is 25.7. The molecule has 1 heterocycles. The second-order valence-corrected chi connectivity index (χ2v) is 9.53. The largest absolute Gasteiger partial charge is 0.463 e. The zero-order valence-electron chi connectivity index (χ0n) is 20.7. The minimum Gasteiger partial charge on any atom is -0.463 e. The van der Waals surface area contributed by atoms with Gasteiger partial charge in [-0.15, -0.1) is 0 Å². The summed E-state index contributed by atoms with van der Waals surface area (Å²) in [5.41, 5.74) is 1.72. The van der Waals surface area contributed by atoms with E-state index in [0.717, 1.165) is 16.0 Å². The lowest BCUT2D eigenvalue weighted by Crippen LogP contribution is -2.42. The number of rotatable bonds is 7. The fourth-order valence-electron chi connectivity index (χ4n) is 3.72. The average molecular weight is 478 g/mol. The molecule has 1 aliphatic rings. The normalized spacial score (nSPS) is 18.0. The van der Waals surface area contributed by atoms with Gasteiger partial charge in [0.25, 0.3) is 5.91 Å². The first-order valence-electron chi connectivity index (χ1n) is 11.4. The second kappa shape index (κ2) is 10.1. The molecule has 2 aromatic carbocycles. The van der Waals surface area contributed by atoms with E-state index < -0.39 is 35.9 Å². The Morgan fingerprint density at radius 2 is 1.69 bits per heavy atom. The molecule has 1 atom stereocenters. The summed E-state index contributed by atoms with van der Waals surface area (Å²) in [5.74, 6) is -1.42. The van der Waals surface area contributed by atoms with Crippen LogP contribution in [-0.2, 0) is 30.1 Å². The molecule has 2 N–H and O–H groups in total. The van der Waals surface area contributed by atoms with Crippen molar-refractivity contribution < 1.29 is 23.9 Å². The Bertz CT molecular complexity index is 1150. The number of anilines is 1. The van der Waals surface area contributed by atoms with Gasteiger partial charge in [0.2, 0.25) is 5.91 Å². The number of carbonyl (C=O) groups is 4. The molecule has 3 rings (SSSR count). The standard InChI is InChI=1S/C27H31N3O5/c1-6-35-23(32)16-9-18-7-14-21(15-8-18)28-22(31)17-30-24(33)27(5,29-25(30)34)20-12-10-19(11-13-20)26(2,3)4/h7-16H,6,17H2,1-5H3,(H,28,31)(H,29,34)/b16-9+. The van der Waals surface area contributed by atoms with E-state index in [1.807, 2.05) is 24.3 Å². The van der Waals surface area contributed by atoms with E-state index in [0.29, 0.717) is 17.9 Å². The van der Waals surface area contributed by atoms with Gasteiger partial charge < -0.3 is 15.4 Å². The molecule has 0 aromatic heterocycles. The molecule has 0 bridgehead atoms. The number of amides is 4. The molecule has 8 heteroatoms. The van der Waals surface area contributed by atoms with E-state index in [1.54, 1.807) is 44.2 Å². The molecule has 1 aliphatic heterocycles. The molecule has 0 radical (unpaired) electrons. The van der Waals surface area contributed by atoms with Crippen LogP contribution in [0.4, 0.5) is 10.5 Å². The number of carbonyl (C=O) groups excluding carboxylic acids is 4. The highest BCUT2D eigenvalue weighted by molar-refractivity contribution is 6.10. The quantitative estimate of drug-likeness (QED) is 0.357. The third kappa shape index (κ3) is 5.95. The van der Waals surface area contributed by atoms with Crippen molar-refractivity contribution in [3.63, 3.8) is 0 Å². The maximum Gasteiger partial charge on any atom is 0.330 e. The van der Waals surface area contributed by atoms with Crippen molar-refractivity contribution in [2.24, 2.45) is 0 Å². The number of nitrogens with one attached hydrogen (secondary N) is 2. The summed E-state index contributed by atoms with van der Waals surface area (Å²) in [6.45, 7) is 9.55. The Labute approximate surface area is 205 Å². The van der Waals surface area contributed by atoms with Crippen LogP contribution in [0.5, 0.6) is 0 Å². The predicted molar refractivity (Wildman–Crippen MR) is 133 cm³/mol. The Balaban J connectivity index is 1.64. The first-order valence-corrected chi connectivity index (χ1v) is 11.4. The van der Waals surface area contributed by atoms with Crippen LogP contribution in [0.2, 0.25) is 0 Å². The van der Waals surface area contributed by atoms with Crippen molar-refractivity contribution in [1.82, 2.24) is 10.2 Å². The van der Waals surface area contributed by atoms with Crippen LogP contribution in [0.25, 0.3) is 6.08 Å². The molecule has 1 saturated heterocycles. The lowest BCUT2D eigenvalue weighted by atomic mass is 9.84. The molecule has 1 unspecified atom stereocenters. The number of hydrogen-bond donors (Lipinski definition) is 2. The van der Waals surface area contributed by atoms with E-state index >= 15 is 0 Å². The topological polar surface area (TPSA) is 105 Å². The van der Waals surface area contributed by atoms with Gasteiger partial charge in [0, 0.05) is 11.8 Å².